The molecule has 0 saturated heterocycles. The number of carbonyl (C=O) groups is 1. The highest BCUT2D eigenvalue weighted by molar-refractivity contribution is 5.90. The lowest BCUT2D eigenvalue weighted by atomic mass is 10.3. The Balaban J connectivity index is 1.79. The number of aromatic amines is 1. The van der Waals surface area contributed by atoms with Gasteiger partial charge in [-0.15, -0.1) is 5.10 Å². The summed E-state index contributed by atoms with van der Waals surface area (Å²) < 4.78 is 10.6. The lowest BCUT2D eigenvalue weighted by molar-refractivity contribution is -0.118. The predicted octanol–water partition coefficient (Wildman–Crippen LogP) is 1.22. The molecule has 1 aromatic heterocycles. The SMILES string of the molecule is CCOc1ccc(OCC(=O)Nc2cn[nH]n2)cc1. The van der Waals surface area contributed by atoms with Crippen LogP contribution in [0, 0.1) is 0 Å². The fraction of sp³-hybridized carbons (Fsp3) is 0.250. The third kappa shape index (κ3) is 3.98. The normalized spacial score (nSPS) is 9.95. The highest BCUT2D eigenvalue weighted by atomic mass is 16.5. The van der Waals surface area contributed by atoms with Gasteiger partial charge >= 0.3 is 0 Å². The number of amides is 1. The molecular formula is C12H14N4O3. The van der Waals surface area contributed by atoms with E-state index in [0.29, 0.717) is 18.2 Å². The van der Waals surface area contributed by atoms with Crippen molar-refractivity contribution in [3.05, 3.63) is 30.5 Å². The third-order valence-corrected chi connectivity index (χ3v) is 2.19. The van der Waals surface area contributed by atoms with E-state index in [1.807, 2.05) is 6.92 Å². The van der Waals surface area contributed by atoms with Crippen LogP contribution in [-0.2, 0) is 4.79 Å². The maximum absolute atomic E-state index is 11.5. The smallest absolute Gasteiger partial charge is 0.263 e. The molecule has 0 bridgehead atoms. The van der Waals surface area contributed by atoms with E-state index in [9.17, 15) is 4.79 Å². The molecule has 0 atom stereocenters. The van der Waals surface area contributed by atoms with Crippen LogP contribution in [-0.4, -0.2) is 34.5 Å². The van der Waals surface area contributed by atoms with Crippen LogP contribution in [0.15, 0.2) is 30.5 Å². The van der Waals surface area contributed by atoms with Gasteiger partial charge in [0.15, 0.2) is 12.4 Å². The Hall–Kier alpha value is -2.57. The van der Waals surface area contributed by atoms with Crippen molar-refractivity contribution in [2.75, 3.05) is 18.5 Å². The molecule has 7 heteroatoms. The van der Waals surface area contributed by atoms with Gasteiger partial charge in [0.05, 0.1) is 12.8 Å². The van der Waals surface area contributed by atoms with Crippen LogP contribution in [0.2, 0.25) is 0 Å². The summed E-state index contributed by atoms with van der Waals surface area (Å²) in [6.45, 7) is 2.43. The van der Waals surface area contributed by atoms with Crippen LogP contribution in [0.5, 0.6) is 11.5 Å². The Morgan fingerprint density at radius 1 is 1.26 bits per heavy atom. The quantitative estimate of drug-likeness (QED) is 0.817. The number of H-pyrrole nitrogens is 1. The molecular weight excluding hydrogens is 248 g/mol. The van der Waals surface area contributed by atoms with Crippen molar-refractivity contribution in [3.8, 4) is 11.5 Å². The van der Waals surface area contributed by atoms with Crippen LogP contribution in [0.4, 0.5) is 5.82 Å². The van der Waals surface area contributed by atoms with Crippen LogP contribution < -0.4 is 14.8 Å². The molecule has 0 aliphatic carbocycles. The maximum Gasteiger partial charge on any atom is 0.263 e. The minimum absolute atomic E-state index is 0.0964. The molecule has 1 heterocycles. The number of nitrogens with one attached hydrogen (secondary N) is 2. The Morgan fingerprint density at radius 3 is 2.53 bits per heavy atom. The van der Waals surface area contributed by atoms with Gasteiger partial charge in [-0.2, -0.15) is 10.3 Å². The van der Waals surface area contributed by atoms with Gasteiger partial charge in [-0.3, -0.25) is 4.79 Å². The molecule has 7 nitrogen and oxygen atoms in total. The number of anilines is 1. The first kappa shape index (κ1) is 12.9. The molecule has 0 saturated carbocycles. The summed E-state index contributed by atoms with van der Waals surface area (Å²) in [5.74, 6) is 1.42. The van der Waals surface area contributed by atoms with E-state index < -0.39 is 0 Å². The molecule has 0 spiro atoms. The second kappa shape index (κ2) is 6.39. The van der Waals surface area contributed by atoms with E-state index in [4.69, 9.17) is 9.47 Å². The zero-order valence-corrected chi connectivity index (χ0v) is 10.4. The molecule has 19 heavy (non-hydrogen) atoms. The second-order valence-electron chi connectivity index (χ2n) is 3.60. The van der Waals surface area contributed by atoms with E-state index in [1.165, 1.54) is 6.20 Å². The Morgan fingerprint density at radius 2 is 1.95 bits per heavy atom. The molecule has 1 amide bonds. The Kier molecular flexibility index (Phi) is 4.33. The topological polar surface area (TPSA) is 89.1 Å². The van der Waals surface area contributed by atoms with Gasteiger partial charge < -0.3 is 14.8 Å². The lowest BCUT2D eigenvalue weighted by Crippen LogP contribution is -2.20. The first-order chi connectivity index (χ1) is 9.28. The second-order valence-corrected chi connectivity index (χ2v) is 3.60. The average Bonchev–Trinajstić information content (AvgIpc) is 2.91. The van der Waals surface area contributed by atoms with Crippen LogP contribution in [0.25, 0.3) is 0 Å². The summed E-state index contributed by atoms with van der Waals surface area (Å²) in [5.41, 5.74) is 0. The van der Waals surface area contributed by atoms with Gasteiger partial charge in [0.1, 0.15) is 11.5 Å². The summed E-state index contributed by atoms with van der Waals surface area (Å²) in [5, 5.41) is 12.2. The Labute approximate surface area is 109 Å². The number of ether oxygens (including phenoxy) is 2. The van der Waals surface area contributed by atoms with Crippen LogP contribution in [0.3, 0.4) is 0 Å². The van der Waals surface area contributed by atoms with Crippen molar-refractivity contribution >= 4 is 11.7 Å². The van der Waals surface area contributed by atoms with Gasteiger partial charge in [0, 0.05) is 0 Å². The standard InChI is InChI=1S/C12H14N4O3/c1-2-18-9-3-5-10(6-4-9)19-8-12(17)14-11-7-13-16-15-11/h3-7H,2,8H2,1H3,(H2,13,14,15,16,17). The number of benzene rings is 1. The van der Waals surface area contributed by atoms with Crippen molar-refractivity contribution in [2.24, 2.45) is 0 Å². The third-order valence-electron chi connectivity index (χ3n) is 2.19. The maximum atomic E-state index is 11.5. The lowest BCUT2D eigenvalue weighted by Gasteiger charge is -2.07. The summed E-state index contributed by atoms with van der Waals surface area (Å²) in [6.07, 6.45) is 1.41. The molecule has 0 aliphatic heterocycles. The van der Waals surface area contributed by atoms with E-state index in [-0.39, 0.29) is 12.5 Å². The fourth-order valence-electron chi connectivity index (χ4n) is 1.39. The highest BCUT2D eigenvalue weighted by Gasteiger charge is 2.05. The molecule has 0 unspecified atom stereocenters. The van der Waals surface area contributed by atoms with Gasteiger partial charge in [-0.1, -0.05) is 0 Å². The number of hydrogen-bond donors (Lipinski definition) is 2. The van der Waals surface area contributed by atoms with E-state index in [2.05, 4.69) is 20.7 Å². The van der Waals surface area contributed by atoms with Gasteiger partial charge in [-0.05, 0) is 31.2 Å². The van der Waals surface area contributed by atoms with Crippen molar-refractivity contribution in [1.82, 2.24) is 15.4 Å². The molecule has 0 radical (unpaired) electrons. The average molecular weight is 262 g/mol. The number of hydrogen-bond acceptors (Lipinski definition) is 5. The first-order valence-electron chi connectivity index (χ1n) is 5.79. The van der Waals surface area contributed by atoms with Crippen LogP contribution in [0.1, 0.15) is 6.92 Å². The molecule has 2 N–H and O–H groups in total. The van der Waals surface area contributed by atoms with Gasteiger partial charge in [0.2, 0.25) is 0 Å². The first-order valence-corrected chi connectivity index (χ1v) is 5.79. The van der Waals surface area contributed by atoms with Gasteiger partial charge in [-0.25, -0.2) is 0 Å². The zero-order chi connectivity index (χ0) is 13.5. The van der Waals surface area contributed by atoms with E-state index in [1.54, 1.807) is 24.3 Å². The summed E-state index contributed by atoms with van der Waals surface area (Å²) >= 11 is 0. The number of aromatic nitrogens is 3. The number of nitrogens with zero attached hydrogens (tertiary/aromatic N) is 2. The zero-order valence-electron chi connectivity index (χ0n) is 10.4. The van der Waals surface area contributed by atoms with Crippen LogP contribution >= 0.6 is 0 Å². The van der Waals surface area contributed by atoms with Gasteiger partial charge in [0.25, 0.3) is 5.91 Å². The minimum atomic E-state index is -0.303. The Bertz CT molecular complexity index is 510. The molecule has 0 fully saturated rings. The molecule has 2 rings (SSSR count). The predicted molar refractivity (Wildman–Crippen MR) is 68.1 cm³/mol. The molecule has 2 aromatic rings. The molecule has 100 valence electrons. The highest BCUT2D eigenvalue weighted by Crippen LogP contribution is 2.17. The summed E-state index contributed by atoms with van der Waals surface area (Å²) in [6, 6.07) is 7.06. The van der Waals surface area contributed by atoms with Crippen molar-refractivity contribution in [1.29, 1.82) is 0 Å². The van der Waals surface area contributed by atoms with Crippen molar-refractivity contribution in [3.63, 3.8) is 0 Å². The van der Waals surface area contributed by atoms with E-state index >= 15 is 0 Å². The van der Waals surface area contributed by atoms with E-state index in [0.717, 1.165) is 5.75 Å². The number of carbonyl (C=O) groups excluding carboxylic acids is 1. The summed E-state index contributed by atoms with van der Waals surface area (Å²) in [7, 11) is 0. The van der Waals surface area contributed by atoms with Crippen molar-refractivity contribution in [2.45, 2.75) is 6.92 Å². The minimum Gasteiger partial charge on any atom is -0.494 e. The fourth-order valence-corrected chi connectivity index (χ4v) is 1.39. The monoisotopic (exact) mass is 262 g/mol. The molecule has 0 aliphatic rings. The summed E-state index contributed by atoms with van der Waals surface area (Å²) in [4.78, 5) is 11.5. The number of rotatable bonds is 6. The van der Waals surface area contributed by atoms with Crippen molar-refractivity contribution < 1.29 is 14.3 Å². The molecule has 1 aromatic carbocycles. The largest absolute Gasteiger partial charge is 0.494 e.